The van der Waals surface area contributed by atoms with E-state index in [0.717, 1.165) is 43.6 Å². The summed E-state index contributed by atoms with van der Waals surface area (Å²) in [6.07, 6.45) is 1.77. The zero-order valence-electron chi connectivity index (χ0n) is 11.0. The van der Waals surface area contributed by atoms with Crippen molar-refractivity contribution in [2.45, 2.75) is 19.5 Å². The first-order chi connectivity index (χ1) is 9.20. The third kappa shape index (κ3) is 2.00. The van der Waals surface area contributed by atoms with Gasteiger partial charge in [0.2, 0.25) is 0 Å². The van der Waals surface area contributed by atoms with Crippen molar-refractivity contribution < 1.29 is 9.59 Å². The van der Waals surface area contributed by atoms with Crippen LogP contribution in [-0.4, -0.2) is 37.4 Å². The number of hydrogen-bond donors (Lipinski definition) is 1. The number of carbonyl (C=O) groups excluding carboxylic acids is 2. The van der Waals surface area contributed by atoms with Crippen molar-refractivity contribution >= 4 is 18.0 Å². The topological polar surface area (TPSA) is 52.6 Å². The van der Waals surface area contributed by atoms with Gasteiger partial charge in [0.1, 0.15) is 0 Å². The van der Waals surface area contributed by atoms with Crippen LogP contribution >= 0.6 is 0 Å². The highest BCUT2D eigenvalue weighted by Gasteiger charge is 2.27. The predicted molar refractivity (Wildman–Crippen MR) is 72.4 cm³/mol. The lowest BCUT2D eigenvalue weighted by Gasteiger charge is -2.34. The van der Waals surface area contributed by atoms with E-state index in [1.807, 2.05) is 12.1 Å². The van der Waals surface area contributed by atoms with Crippen LogP contribution in [0.15, 0.2) is 12.1 Å². The molecule has 2 aliphatic heterocycles. The molecule has 0 bridgehead atoms. The highest BCUT2D eigenvalue weighted by atomic mass is 16.2. The molecule has 3 rings (SSSR count). The molecule has 19 heavy (non-hydrogen) atoms. The van der Waals surface area contributed by atoms with Crippen molar-refractivity contribution in [1.29, 1.82) is 0 Å². The molecule has 0 unspecified atom stereocenters. The Hall–Kier alpha value is -1.88. The van der Waals surface area contributed by atoms with Gasteiger partial charge in [0.05, 0.1) is 5.69 Å². The summed E-state index contributed by atoms with van der Waals surface area (Å²) in [5.74, 6) is 0. The summed E-state index contributed by atoms with van der Waals surface area (Å²) in [5, 5.41) is 3.26. The minimum atomic E-state index is -0.0275. The number of nitrogens with one attached hydrogen (secondary N) is 1. The van der Waals surface area contributed by atoms with Gasteiger partial charge in [-0.15, -0.1) is 0 Å². The lowest BCUT2D eigenvalue weighted by atomic mass is 10.0. The third-order valence-corrected chi connectivity index (χ3v) is 3.83. The normalized spacial score (nSPS) is 18.7. The molecule has 0 spiro atoms. The van der Waals surface area contributed by atoms with E-state index < -0.39 is 0 Å². The average Bonchev–Trinajstić information content (AvgIpc) is 2.87. The van der Waals surface area contributed by atoms with Crippen LogP contribution in [0.1, 0.15) is 27.9 Å². The largest absolute Gasteiger partial charge is 0.327 e. The summed E-state index contributed by atoms with van der Waals surface area (Å²) >= 11 is 0. The Morgan fingerprint density at radius 1 is 1.21 bits per heavy atom. The maximum Gasteiger partial charge on any atom is 0.324 e. The Bertz CT molecular complexity index is 542. The molecule has 2 amide bonds. The molecule has 0 atom stereocenters. The Morgan fingerprint density at radius 2 is 1.95 bits per heavy atom. The lowest BCUT2D eigenvalue weighted by molar-refractivity contribution is 0.112. The van der Waals surface area contributed by atoms with Gasteiger partial charge in [-0.2, -0.15) is 0 Å². The molecule has 5 nitrogen and oxygen atoms in total. The monoisotopic (exact) mass is 259 g/mol. The summed E-state index contributed by atoms with van der Waals surface area (Å²) in [6, 6.07) is 3.86. The molecule has 2 aliphatic rings. The maximum absolute atomic E-state index is 12.2. The van der Waals surface area contributed by atoms with Crippen LogP contribution in [-0.2, 0) is 13.1 Å². The molecule has 0 saturated carbocycles. The first-order valence-corrected chi connectivity index (χ1v) is 6.55. The second kappa shape index (κ2) is 4.66. The van der Waals surface area contributed by atoms with Crippen molar-refractivity contribution in [1.82, 2.24) is 10.2 Å². The standard InChI is InChI=1S/C14H17N3O2/c1-16-3-2-4-17(14(16)19)13-6-11-8-15-7-10(11)5-12(13)9-18/h5-6,9,15H,2-4,7-8H2,1H3. The molecular weight excluding hydrogens is 242 g/mol. The minimum Gasteiger partial charge on any atom is -0.327 e. The van der Waals surface area contributed by atoms with E-state index in [1.54, 1.807) is 16.8 Å². The highest BCUT2D eigenvalue weighted by molar-refractivity contribution is 5.98. The number of urea groups is 1. The van der Waals surface area contributed by atoms with E-state index in [9.17, 15) is 9.59 Å². The molecule has 1 aromatic carbocycles. The quantitative estimate of drug-likeness (QED) is 0.816. The molecule has 1 aromatic rings. The number of amides is 2. The van der Waals surface area contributed by atoms with Crippen molar-refractivity contribution in [3.05, 3.63) is 28.8 Å². The van der Waals surface area contributed by atoms with E-state index in [4.69, 9.17) is 0 Å². The number of carbonyl (C=O) groups is 2. The molecule has 5 heteroatoms. The zero-order chi connectivity index (χ0) is 13.4. The molecule has 1 fully saturated rings. The number of anilines is 1. The number of fused-ring (bicyclic) bond motifs is 1. The maximum atomic E-state index is 12.2. The van der Waals surface area contributed by atoms with Gasteiger partial charge in [-0.05, 0) is 29.7 Å². The summed E-state index contributed by atoms with van der Waals surface area (Å²) in [5.41, 5.74) is 3.69. The molecule has 100 valence electrons. The lowest BCUT2D eigenvalue weighted by Crippen LogP contribution is -2.47. The molecule has 0 aromatic heterocycles. The van der Waals surface area contributed by atoms with Gasteiger partial charge in [0.25, 0.3) is 0 Å². The van der Waals surface area contributed by atoms with Crippen LogP contribution < -0.4 is 10.2 Å². The van der Waals surface area contributed by atoms with Gasteiger partial charge in [-0.3, -0.25) is 9.69 Å². The van der Waals surface area contributed by atoms with Crippen LogP contribution in [0.5, 0.6) is 0 Å². The van der Waals surface area contributed by atoms with Gasteiger partial charge in [0.15, 0.2) is 6.29 Å². The Kier molecular flexibility index (Phi) is 2.98. The second-order valence-electron chi connectivity index (χ2n) is 5.11. The number of rotatable bonds is 2. The fourth-order valence-corrected chi connectivity index (χ4v) is 2.77. The van der Waals surface area contributed by atoms with Gasteiger partial charge in [-0.25, -0.2) is 4.79 Å². The van der Waals surface area contributed by atoms with Crippen molar-refractivity contribution in [2.75, 3.05) is 25.0 Å². The van der Waals surface area contributed by atoms with Gasteiger partial charge >= 0.3 is 6.03 Å². The first-order valence-electron chi connectivity index (χ1n) is 6.55. The average molecular weight is 259 g/mol. The van der Waals surface area contributed by atoms with Crippen LogP contribution in [0.3, 0.4) is 0 Å². The third-order valence-electron chi connectivity index (χ3n) is 3.83. The molecule has 1 saturated heterocycles. The molecule has 0 radical (unpaired) electrons. The van der Waals surface area contributed by atoms with Crippen molar-refractivity contribution in [2.24, 2.45) is 0 Å². The van der Waals surface area contributed by atoms with Crippen LogP contribution in [0.4, 0.5) is 10.5 Å². The van der Waals surface area contributed by atoms with Gasteiger partial charge < -0.3 is 10.2 Å². The number of benzene rings is 1. The molecule has 0 aliphatic carbocycles. The van der Waals surface area contributed by atoms with E-state index in [0.29, 0.717) is 12.1 Å². The van der Waals surface area contributed by atoms with E-state index in [-0.39, 0.29) is 6.03 Å². The fraction of sp³-hybridized carbons (Fsp3) is 0.429. The smallest absolute Gasteiger partial charge is 0.324 e. The minimum absolute atomic E-state index is 0.0275. The number of nitrogens with zero attached hydrogens (tertiary/aromatic N) is 2. The molecule has 2 heterocycles. The van der Waals surface area contributed by atoms with Crippen LogP contribution in [0.25, 0.3) is 0 Å². The summed E-state index contributed by atoms with van der Waals surface area (Å²) in [6.45, 7) is 3.05. The summed E-state index contributed by atoms with van der Waals surface area (Å²) in [7, 11) is 1.80. The SMILES string of the molecule is CN1CCCN(c2cc3c(cc2C=O)CNC3)C1=O. The van der Waals surface area contributed by atoms with Gasteiger partial charge in [-0.1, -0.05) is 0 Å². The van der Waals surface area contributed by atoms with E-state index >= 15 is 0 Å². The molecule has 1 N–H and O–H groups in total. The van der Waals surface area contributed by atoms with E-state index in [2.05, 4.69) is 5.32 Å². The fourth-order valence-electron chi connectivity index (χ4n) is 2.77. The zero-order valence-corrected chi connectivity index (χ0v) is 11.0. The summed E-state index contributed by atoms with van der Waals surface area (Å²) < 4.78 is 0. The van der Waals surface area contributed by atoms with Gasteiger partial charge in [0, 0.05) is 38.8 Å². The van der Waals surface area contributed by atoms with Crippen LogP contribution in [0, 0.1) is 0 Å². The number of aldehydes is 1. The Balaban J connectivity index is 2.04. The van der Waals surface area contributed by atoms with Crippen LogP contribution in [0.2, 0.25) is 0 Å². The highest BCUT2D eigenvalue weighted by Crippen LogP contribution is 2.28. The first kappa shape index (κ1) is 12.2. The van der Waals surface area contributed by atoms with Crippen molar-refractivity contribution in [3.63, 3.8) is 0 Å². The van der Waals surface area contributed by atoms with Crippen molar-refractivity contribution in [3.8, 4) is 0 Å². The Morgan fingerprint density at radius 3 is 2.68 bits per heavy atom. The second-order valence-corrected chi connectivity index (χ2v) is 5.11. The molecular formula is C14H17N3O2. The Labute approximate surface area is 112 Å². The number of hydrogen-bond acceptors (Lipinski definition) is 3. The predicted octanol–water partition coefficient (Wildman–Crippen LogP) is 1.36. The van der Waals surface area contributed by atoms with E-state index in [1.165, 1.54) is 5.56 Å². The summed E-state index contributed by atoms with van der Waals surface area (Å²) in [4.78, 5) is 26.9.